The molecule has 0 unspecified atom stereocenters. The molecular weight excluding hydrogens is 357 g/mol. The second-order valence-electron chi connectivity index (χ2n) is 4.76. The van der Waals surface area contributed by atoms with Gasteiger partial charge in [0, 0.05) is 16.6 Å². The number of nitrogens with one attached hydrogen (secondary N) is 2. The zero-order valence-corrected chi connectivity index (χ0v) is 13.8. The molecule has 0 radical (unpaired) electrons. The Morgan fingerprint density at radius 2 is 1.96 bits per heavy atom. The Labute approximate surface area is 142 Å². The first kappa shape index (κ1) is 15.7. The van der Waals surface area contributed by atoms with Crippen LogP contribution in [0.3, 0.4) is 0 Å². The number of aromatic nitrogens is 1. The maximum Gasteiger partial charge on any atom is 0.262 e. The third kappa shape index (κ3) is 2.99. The van der Waals surface area contributed by atoms with Crippen LogP contribution in [0.2, 0.25) is 10.0 Å². The summed E-state index contributed by atoms with van der Waals surface area (Å²) in [6, 6.07) is 10.8. The highest BCUT2D eigenvalue weighted by Gasteiger charge is 2.18. The Hall–Kier alpha value is -2.20. The number of hydrogen-bond donors (Lipinski definition) is 2. The van der Waals surface area contributed by atoms with E-state index in [9.17, 15) is 8.42 Å². The molecule has 3 rings (SSSR count). The van der Waals surface area contributed by atoms with Gasteiger partial charge in [-0.25, -0.2) is 8.42 Å². The molecule has 0 aliphatic heterocycles. The van der Waals surface area contributed by atoms with Gasteiger partial charge in [0.25, 0.3) is 10.0 Å². The molecule has 0 saturated heterocycles. The molecule has 5 nitrogen and oxygen atoms in total. The van der Waals surface area contributed by atoms with E-state index >= 15 is 0 Å². The lowest BCUT2D eigenvalue weighted by Gasteiger charge is -2.10. The van der Waals surface area contributed by atoms with Crippen LogP contribution in [-0.4, -0.2) is 13.4 Å². The molecule has 0 bridgehead atoms. The lowest BCUT2D eigenvalue weighted by Crippen LogP contribution is -2.13. The lowest BCUT2D eigenvalue weighted by molar-refractivity contribution is 0.601. The van der Waals surface area contributed by atoms with Gasteiger partial charge in [0.15, 0.2) is 0 Å². The van der Waals surface area contributed by atoms with Crippen LogP contribution < -0.4 is 4.72 Å². The molecule has 0 spiro atoms. The van der Waals surface area contributed by atoms with Crippen LogP contribution in [0.1, 0.15) is 5.56 Å². The first-order valence-electron chi connectivity index (χ1n) is 6.40. The standard InChI is InChI=1S/C15H9Cl2N3O2S/c16-10-5-12-13(17)8-19-15(12)14(6-10)20-23(21,22)11-3-1-2-9(4-11)7-18/h1-6,8,19-20H. The van der Waals surface area contributed by atoms with E-state index in [1.807, 2.05) is 6.07 Å². The molecule has 8 heteroatoms. The monoisotopic (exact) mass is 365 g/mol. The predicted octanol–water partition coefficient (Wildman–Crippen LogP) is 4.15. The van der Waals surface area contributed by atoms with E-state index < -0.39 is 10.0 Å². The van der Waals surface area contributed by atoms with Crippen molar-refractivity contribution in [2.75, 3.05) is 4.72 Å². The van der Waals surface area contributed by atoms with E-state index in [1.54, 1.807) is 12.3 Å². The Kier molecular flexibility index (Phi) is 3.94. The molecular formula is C15H9Cl2N3O2S. The first-order chi connectivity index (χ1) is 10.9. The van der Waals surface area contributed by atoms with E-state index in [0.29, 0.717) is 20.9 Å². The predicted molar refractivity (Wildman–Crippen MR) is 90.3 cm³/mol. The molecule has 0 amide bonds. The molecule has 0 atom stereocenters. The molecule has 116 valence electrons. The van der Waals surface area contributed by atoms with Crippen LogP contribution in [0.5, 0.6) is 0 Å². The van der Waals surface area contributed by atoms with Crippen LogP contribution in [0.4, 0.5) is 5.69 Å². The smallest absolute Gasteiger partial charge is 0.262 e. The van der Waals surface area contributed by atoms with Crippen molar-refractivity contribution >= 4 is 49.8 Å². The molecule has 0 aliphatic carbocycles. The minimum absolute atomic E-state index is 0.0117. The summed E-state index contributed by atoms with van der Waals surface area (Å²) < 4.78 is 27.5. The Morgan fingerprint density at radius 3 is 2.70 bits per heavy atom. The second-order valence-corrected chi connectivity index (χ2v) is 7.28. The van der Waals surface area contributed by atoms with Crippen LogP contribution >= 0.6 is 23.2 Å². The fraction of sp³-hybridized carbons (Fsp3) is 0. The van der Waals surface area contributed by atoms with Crippen molar-refractivity contribution in [1.29, 1.82) is 5.26 Å². The summed E-state index contributed by atoms with van der Waals surface area (Å²) in [6.07, 6.45) is 1.55. The maximum absolute atomic E-state index is 12.5. The second kappa shape index (κ2) is 5.78. The number of hydrogen-bond acceptors (Lipinski definition) is 3. The minimum atomic E-state index is -3.87. The van der Waals surface area contributed by atoms with E-state index in [-0.39, 0.29) is 16.1 Å². The highest BCUT2D eigenvalue weighted by molar-refractivity contribution is 7.92. The molecule has 0 aliphatic rings. The molecule has 2 aromatic carbocycles. The summed E-state index contributed by atoms with van der Waals surface area (Å²) >= 11 is 12.1. The zero-order valence-electron chi connectivity index (χ0n) is 11.5. The highest BCUT2D eigenvalue weighted by atomic mass is 35.5. The number of rotatable bonds is 3. The number of nitrogens with zero attached hydrogens (tertiary/aromatic N) is 1. The van der Waals surface area contributed by atoms with Crippen molar-refractivity contribution in [3.8, 4) is 6.07 Å². The van der Waals surface area contributed by atoms with Crippen LogP contribution in [0.15, 0.2) is 47.5 Å². The molecule has 1 heterocycles. The Balaban J connectivity index is 2.09. The number of nitriles is 1. The average Bonchev–Trinajstić information content (AvgIpc) is 2.88. The van der Waals surface area contributed by atoms with Gasteiger partial charge in [-0.2, -0.15) is 5.26 Å². The summed E-state index contributed by atoms with van der Waals surface area (Å²) in [4.78, 5) is 2.90. The Bertz CT molecular complexity index is 1050. The van der Waals surface area contributed by atoms with Crippen molar-refractivity contribution in [3.63, 3.8) is 0 Å². The van der Waals surface area contributed by atoms with E-state index in [0.717, 1.165) is 0 Å². The number of H-pyrrole nitrogens is 1. The minimum Gasteiger partial charge on any atom is -0.358 e. The van der Waals surface area contributed by atoms with Crippen LogP contribution in [0.25, 0.3) is 10.9 Å². The molecule has 2 N–H and O–H groups in total. The van der Waals surface area contributed by atoms with E-state index in [1.165, 1.54) is 30.3 Å². The number of benzene rings is 2. The van der Waals surface area contributed by atoms with Gasteiger partial charge in [0.1, 0.15) is 0 Å². The first-order valence-corrected chi connectivity index (χ1v) is 8.64. The fourth-order valence-electron chi connectivity index (χ4n) is 2.18. The van der Waals surface area contributed by atoms with E-state index in [2.05, 4.69) is 9.71 Å². The largest absolute Gasteiger partial charge is 0.358 e. The van der Waals surface area contributed by atoms with Gasteiger partial charge in [-0.1, -0.05) is 29.3 Å². The van der Waals surface area contributed by atoms with Crippen LogP contribution in [0, 0.1) is 11.3 Å². The van der Waals surface area contributed by atoms with Crippen LogP contribution in [-0.2, 0) is 10.0 Å². The number of halogens is 2. The fourth-order valence-corrected chi connectivity index (χ4v) is 3.71. The van der Waals surface area contributed by atoms with E-state index in [4.69, 9.17) is 28.5 Å². The summed E-state index contributed by atoms with van der Waals surface area (Å²) in [5, 5.41) is 10.3. The summed E-state index contributed by atoms with van der Waals surface area (Å²) in [7, 11) is -3.87. The van der Waals surface area contributed by atoms with Gasteiger partial charge in [0.05, 0.1) is 32.8 Å². The molecule has 3 aromatic rings. The van der Waals surface area contributed by atoms with Gasteiger partial charge in [-0.15, -0.1) is 0 Å². The van der Waals surface area contributed by atoms with Crippen molar-refractivity contribution < 1.29 is 8.42 Å². The van der Waals surface area contributed by atoms with Gasteiger partial charge in [0.2, 0.25) is 0 Å². The molecule has 1 aromatic heterocycles. The van der Waals surface area contributed by atoms with Gasteiger partial charge >= 0.3 is 0 Å². The third-order valence-electron chi connectivity index (χ3n) is 3.22. The topological polar surface area (TPSA) is 85.8 Å². The SMILES string of the molecule is N#Cc1cccc(S(=O)(=O)Nc2cc(Cl)cc3c(Cl)c[nH]c23)c1. The van der Waals surface area contributed by atoms with Gasteiger partial charge < -0.3 is 4.98 Å². The van der Waals surface area contributed by atoms with Crippen molar-refractivity contribution in [1.82, 2.24) is 4.98 Å². The van der Waals surface area contributed by atoms with Gasteiger partial charge in [-0.05, 0) is 30.3 Å². The Morgan fingerprint density at radius 1 is 1.17 bits per heavy atom. The lowest BCUT2D eigenvalue weighted by atomic mass is 10.2. The molecule has 23 heavy (non-hydrogen) atoms. The number of aromatic amines is 1. The summed E-state index contributed by atoms with van der Waals surface area (Å²) in [5.41, 5.74) is 1.06. The van der Waals surface area contributed by atoms with Crippen molar-refractivity contribution in [3.05, 3.63) is 58.2 Å². The number of sulfonamides is 1. The van der Waals surface area contributed by atoms with Crippen molar-refractivity contribution in [2.24, 2.45) is 0 Å². The normalized spacial score (nSPS) is 11.3. The molecule has 0 saturated carbocycles. The summed E-state index contributed by atoms with van der Waals surface area (Å²) in [5.74, 6) is 0. The van der Waals surface area contributed by atoms with Gasteiger partial charge in [-0.3, -0.25) is 4.72 Å². The number of anilines is 1. The molecule has 0 fully saturated rings. The number of fused-ring (bicyclic) bond motifs is 1. The van der Waals surface area contributed by atoms with Crippen molar-refractivity contribution in [2.45, 2.75) is 4.90 Å². The average molecular weight is 366 g/mol. The highest BCUT2D eigenvalue weighted by Crippen LogP contribution is 2.33. The zero-order chi connectivity index (χ0) is 16.6. The summed E-state index contributed by atoms with van der Waals surface area (Å²) in [6.45, 7) is 0. The quantitative estimate of drug-likeness (QED) is 0.730. The maximum atomic E-state index is 12.5. The third-order valence-corrected chi connectivity index (χ3v) is 5.12.